The van der Waals surface area contributed by atoms with Gasteiger partial charge in [0.15, 0.2) is 0 Å². The number of nitrogens with zero attached hydrogens (tertiary/aromatic N) is 1. The molecule has 3 nitrogen and oxygen atoms in total. The Bertz CT molecular complexity index is 344. The maximum Gasteiger partial charge on any atom is 0.117 e. The molecule has 0 aromatic rings. The van der Waals surface area contributed by atoms with Crippen LogP contribution in [0.2, 0.25) is 0 Å². The quantitative estimate of drug-likeness (QED) is 0.450. The molecule has 0 radical (unpaired) electrons. The Morgan fingerprint density at radius 1 is 1.56 bits per heavy atom. The third-order valence-electron chi connectivity index (χ3n) is 4.09. The van der Waals surface area contributed by atoms with Gasteiger partial charge < -0.3 is 9.84 Å². The van der Waals surface area contributed by atoms with Crippen LogP contribution in [-0.2, 0) is 4.74 Å². The Labute approximate surface area is 96.7 Å². The lowest BCUT2D eigenvalue weighted by atomic mass is 9.74. The van der Waals surface area contributed by atoms with E-state index >= 15 is 0 Å². The molecule has 0 amide bonds. The van der Waals surface area contributed by atoms with Crippen molar-refractivity contribution in [2.45, 2.75) is 56.7 Å². The highest BCUT2D eigenvalue weighted by Crippen LogP contribution is 2.61. The van der Waals surface area contributed by atoms with Crippen LogP contribution in [0, 0.1) is 11.3 Å². The zero-order valence-corrected chi connectivity index (χ0v) is 9.83. The first-order valence-electron chi connectivity index (χ1n) is 6.09. The smallest absolute Gasteiger partial charge is 0.117 e. The van der Waals surface area contributed by atoms with Crippen molar-refractivity contribution in [3.05, 3.63) is 11.6 Å². The summed E-state index contributed by atoms with van der Waals surface area (Å²) in [6.07, 6.45) is 7.72. The minimum Gasteiger partial charge on any atom is -0.396 e. The molecule has 3 heteroatoms. The van der Waals surface area contributed by atoms with E-state index in [9.17, 15) is 0 Å². The van der Waals surface area contributed by atoms with Crippen molar-refractivity contribution in [2.24, 2.45) is 0 Å². The summed E-state index contributed by atoms with van der Waals surface area (Å²) in [7, 11) is 0. The highest BCUT2D eigenvalue weighted by atomic mass is 16.6. The molecule has 16 heavy (non-hydrogen) atoms. The fraction of sp³-hybridized carbons (Fsp3) is 0.769. The highest BCUT2D eigenvalue weighted by molar-refractivity contribution is 5.37. The molecule has 88 valence electrons. The molecule has 0 aromatic carbocycles. The van der Waals surface area contributed by atoms with Gasteiger partial charge in [-0.15, -0.1) is 0 Å². The molecule has 2 rings (SSSR count). The fourth-order valence-electron chi connectivity index (χ4n) is 3.04. The second-order valence-electron chi connectivity index (χ2n) is 4.96. The lowest BCUT2D eigenvalue weighted by Gasteiger charge is -2.24. The zero-order chi connectivity index (χ0) is 11.6. The van der Waals surface area contributed by atoms with Gasteiger partial charge in [0, 0.05) is 12.7 Å². The Hall–Kier alpha value is -0.850. The number of aliphatic hydroxyl groups excluding tert-OH is 1. The lowest BCUT2D eigenvalue weighted by Crippen LogP contribution is -2.29. The van der Waals surface area contributed by atoms with Gasteiger partial charge in [-0.25, -0.2) is 0 Å². The van der Waals surface area contributed by atoms with Gasteiger partial charge in [0.25, 0.3) is 0 Å². The van der Waals surface area contributed by atoms with Gasteiger partial charge in [0.1, 0.15) is 11.2 Å². The normalized spacial score (nSPS) is 39.2. The van der Waals surface area contributed by atoms with E-state index in [0.717, 1.165) is 44.1 Å². The number of rotatable bonds is 4. The van der Waals surface area contributed by atoms with Gasteiger partial charge in [0.2, 0.25) is 0 Å². The summed E-state index contributed by atoms with van der Waals surface area (Å²) in [6.45, 7) is 2.36. The third kappa shape index (κ3) is 1.66. The summed E-state index contributed by atoms with van der Waals surface area (Å²) in [6, 6.07) is 2.12. The van der Waals surface area contributed by atoms with Gasteiger partial charge in [0.05, 0.1) is 6.07 Å². The summed E-state index contributed by atoms with van der Waals surface area (Å²) in [5.74, 6) is 0. The first-order chi connectivity index (χ1) is 7.68. The van der Waals surface area contributed by atoms with Crippen LogP contribution in [0.3, 0.4) is 0 Å². The van der Waals surface area contributed by atoms with E-state index in [0.29, 0.717) is 0 Å². The van der Waals surface area contributed by atoms with Crippen molar-refractivity contribution in [1.82, 2.24) is 0 Å². The van der Waals surface area contributed by atoms with E-state index < -0.39 is 0 Å². The van der Waals surface area contributed by atoms with E-state index in [1.165, 1.54) is 0 Å². The van der Waals surface area contributed by atoms with Crippen LogP contribution < -0.4 is 0 Å². The molecule has 2 atom stereocenters. The highest BCUT2D eigenvalue weighted by Gasteiger charge is 2.68. The van der Waals surface area contributed by atoms with Crippen LogP contribution in [-0.4, -0.2) is 22.9 Å². The van der Waals surface area contributed by atoms with Crippen molar-refractivity contribution in [3.63, 3.8) is 0 Å². The molecule has 1 heterocycles. The zero-order valence-electron chi connectivity index (χ0n) is 9.83. The first-order valence-corrected chi connectivity index (χ1v) is 6.09. The molecular weight excluding hydrogens is 202 g/mol. The monoisotopic (exact) mass is 221 g/mol. The van der Waals surface area contributed by atoms with Crippen molar-refractivity contribution in [2.75, 3.05) is 6.61 Å². The standard InChI is InChI=1S/C13H19NO2/c1-12-11(6-9-14)5-4-8-13(12,16-12)7-2-3-10-15/h6,15H,2-5,7-8,10H2,1H3/b11-6+. The van der Waals surface area contributed by atoms with Gasteiger partial charge >= 0.3 is 0 Å². The van der Waals surface area contributed by atoms with E-state index in [1.807, 2.05) is 0 Å². The number of hydrogen-bond donors (Lipinski definition) is 1. The topological polar surface area (TPSA) is 56.5 Å². The SMILES string of the molecule is CC12OC1(CCCCO)CCC/C2=C\C#N. The summed E-state index contributed by atoms with van der Waals surface area (Å²) in [5, 5.41) is 17.6. The number of unbranched alkanes of at least 4 members (excludes halogenated alkanes) is 1. The van der Waals surface area contributed by atoms with Gasteiger partial charge in [-0.05, 0) is 51.0 Å². The third-order valence-corrected chi connectivity index (χ3v) is 4.09. The maximum absolute atomic E-state index is 8.80. The molecule has 2 unspecified atom stereocenters. The maximum atomic E-state index is 8.80. The van der Waals surface area contributed by atoms with E-state index in [-0.39, 0.29) is 17.8 Å². The van der Waals surface area contributed by atoms with Crippen LogP contribution in [0.15, 0.2) is 11.6 Å². The van der Waals surface area contributed by atoms with Crippen LogP contribution in [0.25, 0.3) is 0 Å². The van der Waals surface area contributed by atoms with Crippen LogP contribution in [0.1, 0.15) is 45.4 Å². The number of epoxide rings is 1. The molecule has 1 saturated heterocycles. The Morgan fingerprint density at radius 2 is 2.38 bits per heavy atom. The van der Waals surface area contributed by atoms with Crippen LogP contribution in [0.4, 0.5) is 0 Å². The van der Waals surface area contributed by atoms with Crippen molar-refractivity contribution in [1.29, 1.82) is 5.26 Å². The molecule has 1 aliphatic heterocycles. The summed E-state index contributed by atoms with van der Waals surface area (Å²) >= 11 is 0. The van der Waals surface area contributed by atoms with Gasteiger partial charge in [-0.1, -0.05) is 0 Å². The fourth-order valence-corrected chi connectivity index (χ4v) is 3.04. The lowest BCUT2D eigenvalue weighted by molar-refractivity contribution is 0.242. The number of hydrogen-bond acceptors (Lipinski definition) is 3. The van der Waals surface area contributed by atoms with Crippen molar-refractivity contribution < 1.29 is 9.84 Å². The molecule has 1 N–H and O–H groups in total. The number of aliphatic hydroxyl groups is 1. The molecule has 2 aliphatic rings. The van der Waals surface area contributed by atoms with Crippen molar-refractivity contribution >= 4 is 0 Å². The average molecular weight is 221 g/mol. The molecule has 0 aromatic heterocycles. The minimum atomic E-state index is -0.184. The molecule has 1 saturated carbocycles. The van der Waals surface area contributed by atoms with E-state index in [2.05, 4.69) is 13.0 Å². The second-order valence-corrected chi connectivity index (χ2v) is 4.96. The average Bonchev–Trinajstić information content (AvgIpc) is 2.87. The predicted molar refractivity (Wildman–Crippen MR) is 60.7 cm³/mol. The molecule has 0 bridgehead atoms. The van der Waals surface area contributed by atoms with Gasteiger partial charge in [-0.3, -0.25) is 0 Å². The minimum absolute atomic E-state index is 0.0247. The van der Waals surface area contributed by atoms with Gasteiger partial charge in [-0.2, -0.15) is 5.26 Å². The Balaban J connectivity index is 2.04. The number of allylic oxidation sites excluding steroid dienone is 1. The Morgan fingerprint density at radius 3 is 3.06 bits per heavy atom. The summed E-state index contributed by atoms with van der Waals surface area (Å²) in [4.78, 5) is 0. The van der Waals surface area contributed by atoms with E-state index in [1.54, 1.807) is 6.08 Å². The molecule has 0 spiro atoms. The molecular formula is C13H19NO2. The largest absolute Gasteiger partial charge is 0.396 e. The van der Waals surface area contributed by atoms with E-state index in [4.69, 9.17) is 15.1 Å². The predicted octanol–water partition coefficient (Wildman–Crippen LogP) is 2.31. The Kier molecular flexibility index (Phi) is 3.05. The molecule has 2 fully saturated rings. The first kappa shape index (κ1) is 11.6. The number of ether oxygens (including phenoxy) is 1. The summed E-state index contributed by atoms with van der Waals surface area (Å²) < 4.78 is 5.96. The second kappa shape index (κ2) is 4.20. The number of fused-ring (bicyclic) bond motifs is 1. The van der Waals surface area contributed by atoms with Crippen molar-refractivity contribution in [3.8, 4) is 6.07 Å². The number of nitriles is 1. The van der Waals surface area contributed by atoms with Crippen LogP contribution in [0.5, 0.6) is 0 Å². The summed E-state index contributed by atoms with van der Waals surface area (Å²) in [5.41, 5.74) is 0.949. The molecule has 1 aliphatic carbocycles. The van der Waals surface area contributed by atoms with Crippen LogP contribution >= 0.6 is 0 Å².